The molecule has 0 bridgehead atoms. The van der Waals surface area contributed by atoms with Gasteiger partial charge < -0.3 is 35.6 Å². The van der Waals surface area contributed by atoms with Gasteiger partial charge in [-0.1, -0.05) is 18.7 Å². The fraction of sp³-hybridized carbons (Fsp3) is 0.303. The largest absolute Gasteiger partial charge is 0.494 e. The molecule has 1 saturated heterocycles. The maximum absolute atomic E-state index is 12.3. The lowest BCUT2D eigenvalue weighted by Crippen LogP contribution is -2.16. The summed E-state index contributed by atoms with van der Waals surface area (Å²) in [7, 11) is 0. The number of aromatic hydroxyl groups is 1. The van der Waals surface area contributed by atoms with Crippen LogP contribution in [0.15, 0.2) is 23.9 Å². The summed E-state index contributed by atoms with van der Waals surface area (Å²) in [6.45, 7) is 13.2. The third kappa shape index (κ3) is 6.28. The molecule has 4 heterocycles. The van der Waals surface area contributed by atoms with Crippen LogP contribution in [-0.2, 0) is 27.2 Å². The second kappa shape index (κ2) is 12.5. The quantitative estimate of drug-likeness (QED) is 0.191. The molecule has 3 aromatic rings. The number of hydrogen-bond donors (Lipinski definition) is 7. The molecule has 0 radical (unpaired) electrons. The topological polar surface area (TPSA) is 171 Å². The lowest BCUT2D eigenvalue weighted by atomic mass is 10.00. The van der Waals surface area contributed by atoms with Gasteiger partial charge in [0, 0.05) is 51.9 Å². The molecule has 1 fully saturated rings. The van der Waals surface area contributed by atoms with Crippen LogP contribution in [0, 0.1) is 26.7 Å². The van der Waals surface area contributed by atoms with Crippen molar-refractivity contribution in [3.63, 3.8) is 0 Å². The SMILES string of the molecule is C=Cc1c(O)[nH]c(/C=c2/[nH]/c(=C\c3[nH]c(/C=C4\NC(=O)[C@H](C)\C4=C/C)c(C)c3CCC(=O)O)c(CCC(=O)O)c2C)c1C. The highest BCUT2D eigenvalue weighted by Gasteiger charge is 2.29. The van der Waals surface area contributed by atoms with Gasteiger partial charge in [0.25, 0.3) is 0 Å². The van der Waals surface area contributed by atoms with Gasteiger partial charge in [0.2, 0.25) is 5.91 Å². The normalized spacial score (nSPS) is 17.8. The summed E-state index contributed by atoms with van der Waals surface area (Å²) in [6.07, 6.45) is 9.52. The molecule has 1 aliphatic heterocycles. The Morgan fingerprint density at radius 2 is 1.44 bits per heavy atom. The van der Waals surface area contributed by atoms with Crippen LogP contribution in [-0.4, -0.2) is 48.1 Å². The molecule has 0 unspecified atom stereocenters. The van der Waals surface area contributed by atoms with E-state index in [1.54, 1.807) is 6.08 Å². The number of aliphatic carboxylic acids is 2. The van der Waals surface area contributed by atoms with Crippen LogP contribution in [0.5, 0.6) is 5.88 Å². The molecule has 1 aliphatic rings. The number of nitrogens with one attached hydrogen (secondary N) is 4. The summed E-state index contributed by atoms with van der Waals surface area (Å²) in [5, 5.41) is 33.5. The predicted molar refractivity (Wildman–Crippen MR) is 166 cm³/mol. The van der Waals surface area contributed by atoms with Crippen molar-refractivity contribution in [1.82, 2.24) is 20.3 Å². The number of allylic oxidation sites excluding steroid dienone is 2. The fourth-order valence-electron chi connectivity index (χ4n) is 5.65. The molecule has 0 spiro atoms. The summed E-state index contributed by atoms with van der Waals surface area (Å²) >= 11 is 0. The Bertz CT molecular complexity index is 1810. The number of rotatable bonds is 10. The average molecular weight is 587 g/mol. The lowest BCUT2D eigenvalue weighted by molar-refractivity contribution is -0.138. The second-order valence-corrected chi connectivity index (χ2v) is 10.8. The van der Waals surface area contributed by atoms with Crippen LogP contribution >= 0.6 is 0 Å². The van der Waals surface area contributed by atoms with Crippen LogP contribution in [0.4, 0.5) is 0 Å². The van der Waals surface area contributed by atoms with E-state index in [-0.39, 0.29) is 43.4 Å². The fourth-order valence-corrected chi connectivity index (χ4v) is 5.65. The van der Waals surface area contributed by atoms with Gasteiger partial charge in [-0.25, -0.2) is 0 Å². The third-order valence-electron chi connectivity index (χ3n) is 8.21. The first-order valence-corrected chi connectivity index (χ1v) is 14.1. The van der Waals surface area contributed by atoms with Gasteiger partial charge in [-0.15, -0.1) is 0 Å². The minimum Gasteiger partial charge on any atom is -0.494 e. The number of aromatic nitrogens is 3. The lowest BCUT2D eigenvalue weighted by Gasteiger charge is -2.03. The third-order valence-corrected chi connectivity index (χ3v) is 8.21. The van der Waals surface area contributed by atoms with Crippen LogP contribution in [0.3, 0.4) is 0 Å². The minimum absolute atomic E-state index is 0.0151. The van der Waals surface area contributed by atoms with Crippen LogP contribution < -0.4 is 16.0 Å². The highest BCUT2D eigenvalue weighted by molar-refractivity contribution is 5.91. The van der Waals surface area contributed by atoms with Crippen molar-refractivity contribution in [3.8, 4) is 5.88 Å². The number of carboxylic acids is 2. The van der Waals surface area contributed by atoms with Crippen LogP contribution in [0.2, 0.25) is 0 Å². The monoisotopic (exact) mass is 586 g/mol. The molecule has 43 heavy (non-hydrogen) atoms. The van der Waals surface area contributed by atoms with E-state index in [2.05, 4.69) is 26.8 Å². The van der Waals surface area contributed by atoms with E-state index < -0.39 is 11.9 Å². The first-order chi connectivity index (χ1) is 20.4. The van der Waals surface area contributed by atoms with E-state index in [9.17, 15) is 29.7 Å². The zero-order valence-electron chi connectivity index (χ0n) is 25.1. The number of carbonyl (C=O) groups excluding carboxylic acids is 1. The Balaban J connectivity index is 1.93. The molecule has 226 valence electrons. The highest BCUT2D eigenvalue weighted by Crippen LogP contribution is 2.30. The summed E-state index contributed by atoms with van der Waals surface area (Å²) in [5.41, 5.74) is 8.48. The molecule has 1 atom stereocenters. The van der Waals surface area contributed by atoms with E-state index in [0.717, 1.165) is 44.4 Å². The van der Waals surface area contributed by atoms with Crippen molar-refractivity contribution in [2.45, 2.75) is 60.3 Å². The van der Waals surface area contributed by atoms with Crippen LogP contribution in [0.25, 0.3) is 24.3 Å². The van der Waals surface area contributed by atoms with E-state index in [1.165, 1.54) is 0 Å². The predicted octanol–water partition coefficient (Wildman–Crippen LogP) is 3.69. The van der Waals surface area contributed by atoms with E-state index >= 15 is 0 Å². The van der Waals surface area contributed by atoms with Gasteiger partial charge in [-0.2, -0.15) is 0 Å². The van der Waals surface area contributed by atoms with Gasteiger partial charge >= 0.3 is 11.9 Å². The van der Waals surface area contributed by atoms with Crippen molar-refractivity contribution in [1.29, 1.82) is 0 Å². The number of amides is 1. The summed E-state index contributed by atoms with van der Waals surface area (Å²) in [4.78, 5) is 45.2. The van der Waals surface area contributed by atoms with Gasteiger partial charge in [-0.05, 0) is 99.1 Å². The molecule has 10 nitrogen and oxygen atoms in total. The minimum atomic E-state index is -0.919. The number of carbonyl (C=O) groups is 3. The maximum Gasteiger partial charge on any atom is 0.303 e. The second-order valence-electron chi connectivity index (χ2n) is 10.8. The summed E-state index contributed by atoms with van der Waals surface area (Å²) < 4.78 is 0. The van der Waals surface area contributed by atoms with Crippen molar-refractivity contribution in [3.05, 3.63) is 85.1 Å². The molecule has 3 aromatic heterocycles. The van der Waals surface area contributed by atoms with E-state index in [4.69, 9.17) is 0 Å². The summed E-state index contributed by atoms with van der Waals surface area (Å²) in [5.74, 6) is -2.18. The van der Waals surface area contributed by atoms with Crippen molar-refractivity contribution < 1.29 is 29.7 Å². The Labute approximate surface area is 249 Å². The Hall–Kier alpha value is -4.99. The molecular weight excluding hydrogens is 548 g/mol. The number of hydrogen-bond acceptors (Lipinski definition) is 4. The van der Waals surface area contributed by atoms with Crippen molar-refractivity contribution in [2.24, 2.45) is 5.92 Å². The van der Waals surface area contributed by atoms with Gasteiger partial charge in [-0.3, -0.25) is 14.4 Å². The molecule has 4 rings (SSSR count). The molecule has 0 aliphatic carbocycles. The van der Waals surface area contributed by atoms with Gasteiger partial charge in [0.1, 0.15) is 0 Å². The number of H-pyrrole nitrogens is 3. The molecule has 0 aromatic carbocycles. The maximum atomic E-state index is 12.3. The van der Waals surface area contributed by atoms with E-state index in [1.807, 2.05) is 58.9 Å². The Morgan fingerprint density at radius 1 is 0.837 bits per heavy atom. The van der Waals surface area contributed by atoms with Gasteiger partial charge in [0.15, 0.2) is 5.88 Å². The molecule has 1 amide bonds. The molecule has 10 heteroatoms. The molecule has 7 N–H and O–H groups in total. The average Bonchev–Trinajstić information content (AvgIpc) is 3.59. The number of carboxylic acid groups (broad SMARTS) is 2. The number of aromatic amines is 3. The first-order valence-electron chi connectivity index (χ1n) is 14.1. The smallest absolute Gasteiger partial charge is 0.303 e. The van der Waals surface area contributed by atoms with Crippen molar-refractivity contribution >= 4 is 42.1 Å². The Kier molecular flexibility index (Phi) is 8.99. The zero-order valence-corrected chi connectivity index (χ0v) is 25.1. The standard InChI is InChI=1S/C33H38N4O6/c1-7-20-19(6)32(42)37-27(20)14-25-18(5)23(10-12-31(40)41)29(35-25)15-28-22(9-11-30(38)39)17(4)24(34-28)13-26-16(3)21(8-2)33(43)36-26/h7-8,13-15,19,34-36,43H,2,9-12H2,1,3-6H3,(H,37,42)(H,38,39)(H,40,41)/b20-7+,24-13+,27-14-,28-15-/t19-/m1/s1. The summed E-state index contributed by atoms with van der Waals surface area (Å²) in [6, 6.07) is 0. The highest BCUT2D eigenvalue weighted by atomic mass is 16.4. The molecule has 0 saturated carbocycles. The van der Waals surface area contributed by atoms with Crippen LogP contribution in [0.1, 0.15) is 77.2 Å². The zero-order chi connectivity index (χ0) is 31.6. The molecular formula is C33H38N4O6. The first kappa shape index (κ1) is 31.0. The van der Waals surface area contributed by atoms with E-state index in [0.29, 0.717) is 28.0 Å². The van der Waals surface area contributed by atoms with Crippen molar-refractivity contribution in [2.75, 3.05) is 0 Å². The van der Waals surface area contributed by atoms with Gasteiger partial charge in [0.05, 0.1) is 5.92 Å². The Morgan fingerprint density at radius 3 is 2.02 bits per heavy atom.